The molecule has 0 bridgehead atoms. The molecule has 2 fully saturated rings. The zero-order valence-electron chi connectivity index (χ0n) is 20.1. The molecule has 8 nitrogen and oxygen atoms in total. The van der Waals surface area contributed by atoms with E-state index in [2.05, 4.69) is 42.1 Å². The SMILES string of the molecule is CN1CCN([C@H]2CC[C@H](CNc3ncc(C#N)c(-c4c[nH]c5ncc(C(F)(F)F)cc45)n3)CC2)CC1. The monoisotopic (exact) mass is 498 g/mol. The van der Waals surface area contributed by atoms with E-state index in [1.165, 1.54) is 25.2 Å². The highest BCUT2D eigenvalue weighted by atomic mass is 19.4. The van der Waals surface area contributed by atoms with Crippen LogP contribution in [0.4, 0.5) is 19.1 Å². The molecular formula is C25H29F3N8. The summed E-state index contributed by atoms with van der Waals surface area (Å²) < 4.78 is 39.7. The number of nitrogens with zero attached hydrogens (tertiary/aromatic N) is 6. The molecule has 11 heteroatoms. The van der Waals surface area contributed by atoms with Crippen LogP contribution in [0.15, 0.2) is 24.7 Å². The van der Waals surface area contributed by atoms with E-state index in [-0.39, 0.29) is 16.6 Å². The van der Waals surface area contributed by atoms with Crippen LogP contribution in [0.1, 0.15) is 36.8 Å². The maximum absolute atomic E-state index is 13.2. The van der Waals surface area contributed by atoms with Crippen LogP contribution in [0.25, 0.3) is 22.3 Å². The molecule has 3 aromatic rings. The van der Waals surface area contributed by atoms with E-state index in [0.29, 0.717) is 35.7 Å². The van der Waals surface area contributed by atoms with Crippen molar-refractivity contribution in [1.29, 1.82) is 5.26 Å². The number of rotatable bonds is 5. The minimum atomic E-state index is -4.52. The summed E-state index contributed by atoms with van der Waals surface area (Å²) in [5, 5.41) is 13.1. The first kappa shape index (κ1) is 24.5. The van der Waals surface area contributed by atoms with Crippen molar-refractivity contribution in [3.05, 3.63) is 35.8 Å². The predicted octanol–water partition coefficient (Wildman–Crippen LogP) is 4.13. The lowest BCUT2D eigenvalue weighted by Gasteiger charge is -2.41. The Morgan fingerprint density at radius 1 is 1.11 bits per heavy atom. The van der Waals surface area contributed by atoms with E-state index < -0.39 is 11.7 Å². The van der Waals surface area contributed by atoms with Crippen molar-refractivity contribution in [1.82, 2.24) is 29.7 Å². The average Bonchev–Trinajstić information content (AvgIpc) is 3.31. The van der Waals surface area contributed by atoms with Crippen molar-refractivity contribution in [3.63, 3.8) is 0 Å². The normalized spacial score (nSPS) is 22.0. The molecule has 3 aromatic heterocycles. The van der Waals surface area contributed by atoms with Gasteiger partial charge in [-0.1, -0.05) is 0 Å². The van der Waals surface area contributed by atoms with Crippen LogP contribution >= 0.6 is 0 Å². The summed E-state index contributed by atoms with van der Waals surface area (Å²) in [5.74, 6) is 0.863. The molecule has 1 saturated heterocycles. The number of nitriles is 1. The number of aromatic amines is 1. The molecule has 0 atom stereocenters. The second kappa shape index (κ2) is 10.0. The first-order valence-corrected chi connectivity index (χ1v) is 12.3. The van der Waals surface area contributed by atoms with Crippen LogP contribution in [0.2, 0.25) is 0 Å². The standard InChI is InChI=1S/C25H29F3N8/c1-35-6-8-36(9-7-35)19-4-2-16(3-5-19)12-32-24-33-13-17(11-29)22(34-24)21-15-31-23-20(21)10-18(14-30-23)25(26,27)28/h10,13-16,19H,2-9,12H2,1H3,(H,30,31)(H,32,33,34)/t16-,19-. The van der Waals surface area contributed by atoms with Crippen molar-refractivity contribution < 1.29 is 13.2 Å². The molecule has 5 rings (SSSR count). The number of alkyl halides is 3. The number of fused-ring (bicyclic) bond motifs is 1. The lowest BCUT2D eigenvalue weighted by Crippen LogP contribution is -2.50. The number of hydrogen-bond donors (Lipinski definition) is 2. The topological polar surface area (TPSA) is 96.8 Å². The molecule has 190 valence electrons. The summed E-state index contributed by atoms with van der Waals surface area (Å²) in [6, 6.07) is 3.74. The molecule has 2 N–H and O–H groups in total. The van der Waals surface area contributed by atoms with E-state index in [0.717, 1.165) is 51.3 Å². The summed E-state index contributed by atoms with van der Waals surface area (Å²) >= 11 is 0. The van der Waals surface area contributed by atoms with Crippen LogP contribution < -0.4 is 5.32 Å². The Kier molecular flexibility index (Phi) is 6.81. The molecule has 0 amide bonds. The van der Waals surface area contributed by atoms with Gasteiger partial charge in [0.25, 0.3) is 0 Å². The zero-order chi connectivity index (χ0) is 25.3. The highest BCUT2D eigenvalue weighted by Gasteiger charge is 2.32. The Hall–Kier alpha value is -3.23. The molecular weight excluding hydrogens is 469 g/mol. The number of anilines is 1. The summed E-state index contributed by atoms with van der Waals surface area (Å²) in [6.45, 7) is 5.25. The van der Waals surface area contributed by atoms with Gasteiger partial charge in [0.15, 0.2) is 0 Å². The maximum Gasteiger partial charge on any atom is 0.417 e. The van der Waals surface area contributed by atoms with E-state index in [1.807, 2.05) is 6.07 Å². The number of piperazine rings is 1. The van der Waals surface area contributed by atoms with Crippen LogP contribution in [-0.4, -0.2) is 75.5 Å². The summed E-state index contributed by atoms with van der Waals surface area (Å²) in [6.07, 6.45) is 3.83. The van der Waals surface area contributed by atoms with Crippen LogP contribution in [0.5, 0.6) is 0 Å². The molecule has 2 aliphatic rings. The fourth-order valence-corrected chi connectivity index (χ4v) is 5.25. The third kappa shape index (κ3) is 5.15. The number of likely N-dealkylation sites (N-methyl/N-ethyl adjacent to an activating group) is 1. The predicted molar refractivity (Wildman–Crippen MR) is 130 cm³/mol. The quantitative estimate of drug-likeness (QED) is 0.546. The Morgan fingerprint density at radius 3 is 2.56 bits per heavy atom. The van der Waals surface area contributed by atoms with E-state index >= 15 is 0 Å². The average molecular weight is 499 g/mol. The zero-order valence-corrected chi connectivity index (χ0v) is 20.1. The number of halogens is 3. The summed E-state index contributed by atoms with van der Waals surface area (Å²) in [5.41, 5.74) is 0.298. The lowest BCUT2D eigenvalue weighted by molar-refractivity contribution is -0.137. The number of hydrogen-bond acceptors (Lipinski definition) is 7. The summed E-state index contributed by atoms with van der Waals surface area (Å²) in [4.78, 5) is 20.6. The van der Waals surface area contributed by atoms with Gasteiger partial charge in [0.2, 0.25) is 5.95 Å². The van der Waals surface area contributed by atoms with Gasteiger partial charge in [0.1, 0.15) is 11.7 Å². The van der Waals surface area contributed by atoms with Crippen LogP contribution in [-0.2, 0) is 6.18 Å². The van der Waals surface area contributed by atoms with Gasteiger partial charge in [0, 0.05) is 62.1 Å². The number of nitrogens with one attached hydrogen (secondary N) is 2. The highest BCUT2D eigenvalue weighted by Crippen LogP contribution is 2.35. The van der Waals surface area contributed by atoms with Crippen molar-refractivity contribution in [3.8, 4) is 17.3 Å². The van der Waals surface area contributed by atoms with Gasteiger partial charge in [-0.05, 0) is 44.7 Å². The highest BCUT2D eigenvalue weighted by molar-refractivity contribution is 5.94. The molecule has 4 heterocycles. The Balaban J connectivity index is 1.27. The van der Waals surface area contributed by atoms with Crippen LogP contribution in [0.3, 0.4) is 0 Å². The van der Waals surface area contributed by atoms with Crippen LogP contribution in [0, 0.1) is 17.2 Å². The molecule has 1 aliphatic carbocycles. The molecule has 36 heavy (non-hydrogen) atoms. The van der Waals surface area contributed by atoms with Gasteiger partial charge < -0.3 is 15.2 Å². The van der Waals surface area contributed by atoms with Crippen molar-refractivity contribution in [2.75, 3.05) is 45.1 Å². The van der Waals surface area contributed by atoms with Gasteiger partial charge in [-0.2, -0.15) is 18.4 Å². The minimum Gasteiger partial charge on any atom is -0.354 e. The fourth-order valence-electron chi connectivity index (χ4n) is 5.25. The number of aromatic nitrogens is 4. The molecule has 1 saturated carbocycles. The molecule has 0 spiro atoms. The van der Waals surface area contributed by atoms with Gasteiger partial charge >= 0.3 is 6.18 Å². The number of H-pyrrole nitrogens is 1. The minimum absolute atomic E-state index is 0.187. The van der Waals surface area contributed by atoms with E-state index in [1.54, 1.807) is 0 Å². The number of pyridine rings is 1. The van der Waals surface area contributed by atoms with Crippen molar-refractivity contribution >= 4 is 17.0 Å². The summed E-state index contributed by atoms with van der Waals surface area (Å²) in [7, 11) is 2.17. The largest absolute Gasteiger partial charge is 0.417 e. The third-order valence-corrected chi connectivity index (χ3v) is 7.44. The lowest BCUT2D eigenvalue weighted by atomic mass is 9.85. The maximum atomic E-state index is 13.2. The second-order valence-corrected chi connectivity index (χ2v) is 9.78. The smallest absolute Gasteiger partial charge is 0.354 e. The van der Waals surface area contributed by atoms with Crippen molar-refractivity contribution in [2.24, 2.45) is 5.92 Å². The Labute approximate surface area is 207 Å². The first-order valence-electron chi connectivity index (χ1n) is 12.3. The fraction of sp³-hybridized carbons (Fsp3) is 0.520. The molecule has 1 aliphatic heterocycles. The Bertz CT molecular complexity index is 1250. The van der Waals surface area contributed by atoms with E-state index in [4.69, 9.17) is 0 Å². The van der Waals surface area contributed by atoms with Gasteiger partial charge in [-0.3, -0.25) is 4.90 Å². The third-order valence-electron chi connectivity index (χ3n) is 7.44. The van der Waals surface area contributed by atoms with Gasteiger partial charge in [-0.15, -0.1) is 0 Å². The molecule has 0 aromatic carbocycles. The molecule has 0 unspecified atom stereocenters. The second-order valence-electron chi connectivity index (χ2n) is 9.78. The molecule has 0 radical (unpaired) electrons. The van der Waals surface area contributed by atoms with Gasteiger partial charge in [0.05, 0.1) is 23.0 Å². The van der Waals surface area contributed by atoms with E-state index in [9.17, 15) is 18.4 Å². The van der Waals surface area contributed by atoms with Crippen molar-refractivity contribution in [2.45, 2.75) is 37.9 Å². The Morgan fingerprint density at radius 2 is 1.86 bits per heavy atom. The first-order chi connectivity index (χ1) is 17.3. The van der Waals surface area contributed by atoms with Gasteiger partial charge in [-0.25, -0.2) is 15.0 Å².